The molecule has 0 saturated carbocycles. The number of carbonyl (C=O) groups excluding carboxylic acids is 1. The molecule has 0 fully saturated rings. The minimum absolute atomic E-state index is 0.384. The first-order chi connectivity index (χ1) is 13.7. The minimum Gasteiger partial charge on any atom is -0.380 e. The van der Waals surface area contributed by atoms with E-state index in [4.69, 9.17) is 4.74 Å². The quantitative estimate of drug-likeness (QED) is 0.425. The number of fused-ring (bicyclic) bond motifs is 1. The van der Waals surface area contributed by atoms with Crippen molar-refractivity contribution >= 4 is 17.2 Å². The van der Waals surface area contributed by atoms with Gasteiger partial charge in [0.25, 0.3) is 0 Å². The fourth-order valence-electron chi connectivity index (χ4n) is 3.31. The second-order valence-electron chi connectivity index (χ2n) is 6.59. The van der Waals surface area contributed by atoms with Gasteiger partial charge in [0, 0.05) is 23.6 Å². The Morgan fingerprint density at radius 2 is 1.71 bits per heavy atom. The second-order valence-corrected chi connectivity index (χ2v) is 6.59. The van der Waals surface area contributed by atoms with Gasteiger partial charge in [0.15, 0.2) is 6.29 Å². The van der Waals surface area contributed by atoms with Crippen LogP contribution in [-0.4, -0.2) is 18.4 Å². The summed E-state index contributed by atoms with van der Waals surface area (Å²) < 4.78 is 18.7. The van der Waals surface area contributed by atoms with Gasteiger partial charge in [0.1, 0.15) is 5.82 Å². The van der Waals surface area contributed by atoms with Crippen LogP contribution in [0.15, 0.2) is 72.8 Å². The van der Waals surface area contributed by atoms with Crippen LogP contribution < -0.4 is 0 Å². The summed E-state index contributed by atoms with van der Waals surface area (Å²) in [5.74, 6) is -0.384. The lowest BCUT2D eigenvalue weighted by atomic mass is 10.00. The highest BCUT2D eigenvalue weighted by atomic mass is 19.1. The molecule has 0 radical (unpaired) electrons. The van der Waals surface area contributed by atoms with E-state index < -0.39 is 0 Å². The standard InChI is InChI=1S/C24H18FNO2/c1-28-15-16-3-2-4-19(11-16)17-5-7-18(8-6-17)24-12-20(14-27)22-13-21(25)9-10-23(22)26-24/h2-14H,15H2,1H3. The van der Waals surface area contributed by atoms with E-state index in [1.807, 2.05) is 36.4 Å². The second kappa shape index (κ2) is 7.71. The van der Waals surface area contributed by atoms with Gasteiger partial charge in [0.2, 0.25) is 0 Å². The van der Waals surface area contributed by atoms with Crippen molar-refractivity contribution < 1.29 is 13.9 Å². The summed E-state index contributed by atoms with van der Waals surface area (Å²) in [5.41, 5.74) is 5.90. The number of rotatable bonds is 5. The van der Waals surface area contributed by atoms with Crippen LogP contribution in [0.4, 0.5) is 4.39 Å². The van der Waals surface area contributed by atoms with Crippen molar-refractivity contribution in [2.75, 3.05) is 7.11 Å². The zero-order valence-electron chi connectivity index (χ0n) is 15.4. The Hall–Kier alpha value is -3.37. The van der Waals surface area contributed by atoms with E-state index >= 15 is 0 Å². The summed E-state index contributed by atoms with van der Waals surface area (Å²) in [4.78, 5) is 16.1. The molecule has 138 valence electrons. The normalized spacial score (nSPS) is 10.9. The van der Waals surface area contributed by atoms with Crippen LogP contribution in [0, 0.1) is 5.82 Å². The molecule has 3 aromatic carbocycles. The van der Waals surface area contributed by atoms with Crippen molar-refractivity contribution in [2.45, 2.75) is 6.61 Å². The molecule has 0 N–H and O–H groups in total. The number of hydrogen-bond acceptors (Lipinski definition) is 3. The fourth-order valence-corrected chi connectivity index (χ4v) is 3.31. The number of hydrogen-bond donors (Lipinski definition) is 0. The average molecular weight is 371 g/mol. The van der Waals surface area contributed by atoms with Crippen LogP contribution in [-0.2, 0) is 11.3 Å². The number of aromatic nitrogens is 1. The van der Waals surface area contributed by atoms with E-state index in [1.54, 1.807) is 19.2 Å². The van der Waals surface area contributed by atoms with Crippen LogP contribution in [0.25, 0.3) is 33.3 Å². The van der Waals surface area contributed by atoms with Gasteiger partial charge in [0.05, 0.1) is 17.8 Å². The molecule has 3 nitrogen and oxygen atoms in total. The van der Waals surface area contributed by atoms with Gasteiger partial charge in [-0.05, 0) is 47.0 Å². The maximum absolute atomic E-state index is 13.5. The molecule has 0 aliphatic carbocycles. The summed E-state index contributed by atoms with van der Waals surface area (Å²) in [7, 11) is 1.68. The van der Waals surface area contributed by atoms with Crippen LogP contribution in [0.1, 0.15) is 15.9 Å². The summed E-state index contributed by atoms with van der Waals surface area (Å²) >= 11 is 0. The third-order valence-electron chi connectivity index (χ3n) is 4.68. The molecule has 0 saturated heterocycles. The van der Waals surface area contributed by atoms with Crippen LogP contribution in [0.2, 0.25) is 0 Å². The zero-order chi connectivity index (χ0) is 19.5. The van der Waals surface area contributed by atoms with Gasteiger partial charge >= 0.3 is 0 Å². The van der Waals surface area contributed by atoms with E-state index in [-0.39, 0.29) is 5.82 Å². The predicted molar refractivity (Wildman–Crippen MR) is 109 cm³/mol. The average Bonchev–Trinajstić information content (AvgIpc) is 2.73. The Morgan fingerprint density at radius 3 is 2.46 bits per heavy atom. The zero-order valence-corrected chi connectivity index (χ0v) is 15.4. The lowest BCUT2D eigenvalue weighted by Crippen LogP contribution is -1.92. The first-order valence-corrected chi connectivity index (χ1v) is 8.92. The summed E-state index contributed by atoms with van der Waals surface area (Å²) in [6.45, 7) is 0.571. The molecule has 0 unspecified atom stereocenters. The van der Waals surface area contributed by atoms with Crippen LogP contribution in [0.3, 0.4) is 0 Å². The highest BCUT2D eigenvalue weighted by molar-refractivity contribution is 5.98. The topological polar surface area (TPSA) is 39.2 Å². The van der Waals surface area contributed by atoms with Crippen molar-refractivity contribution in [2.24, 2.45) is 0 Å². The molecule has 1 heterocycles. The first-order valence-electron chi connectivity index (χ1n) is 8.92. The number of benzene rings is 3. The third-order valence-corrected chi connectivity index (χ3v) is 4.68. The highest BCUT2D eigenvalue weighted by Crippen LogP contribution is 2.27. The monoisotopic (exact) mass is 371 g/mol. The van der Waals surface area contributed by atoms with Gasteiger partial charge in [-0.25, -0.2) is 9.37 Å². The Labute approximate surface area is 162 Å². The molecule has 0 bridgehead atoms. The molecular formula is C24H18FNO2. The van der Waals surface area contributed by atoms with E-state index in [2.05, 4.69) is 17.1 Å². The Balaban J connectivity index is 1.72. The van der Waals surface area contributed by atoms with Gasteiger partial charge < -0.3 is 4.74 Å². The molecule has 0 atom stereocenters. The molecule has 0 aliphatic heterocycles. The first kappa shape index (κ1) is 18.0. The SMILES string of the molecule is COCc1cccc(-c2ccc(-c3cc(C=O)c4cc(F)ccc4n3)cc2)c1. The molecule has 0 aliphatic rings. The highest BCUT2D eigenvalue weighted by Gasteiger charge is 2.09. The molecule has 28 heavy (non-hydrogen) atoms. The number of carbonyl (C=O) groups is 1. The Bertz CT molecular complexity index is 1150. The van der Waals surface area contributed by atoms with E-state index in [0.29, 0.717) is 28.8 Å². The molecule has 0 amide bonds. The third kappa shape index (κ3) is 3.55. The molecule has 4 aromatic rings. The lowest BCUT2D eigenvalue weighted by molar-refractivity contribution is 0.112. The van der Waals surface area contributed by atoms with E-state index in [0.717, 1.165) is 28.5 Å². The van der Waals surface area contributed by atoms with Crippen molar-refractivity contribution in [3.8, 4) is 22.4 Å². The van der Waals surface area contributed by atoms with Gasteiger partial charge in [-0.3, -0.25) is 4.79 Å². The predicted octanol–water partition coefficient (Wildman–Crippen LogP) is 5.67. The number of aldehydes is 1. The number of pyridine rings is 1. The molecule has 4 heteroatoms. The van der Waals surface area contributed by atoms with Crippen LogP contribution in [0.5, 0.6) is 0 Å². The summed E-state index contributed by atoms with van der Waals surface area (Å²) in [6, 6.07) is 22.2. The smallest absolute Gasteiger partial charge is 0.150 e. The molecular weight excluding hydrogens is 353 g/mol. The van der Waals surface area contributed by atoms with Crippen LogP contribution >= 0.6 is 0 Å². The summed E-state index contributed by atoms with van der Waals surface area (Å²) in [6.07, 6.45) is 0.739. The van der Waals surface area contributed by atoms with Gasteiger partial charge in [-0.15, -0.1) is 0 Å². The minimum atomic E-state index is -0.384. The fraction of sp³-hybridized carbons (Fsp3) is 0.0833. The summed E-state index contributed by atoms with van der Waals surface area (Å²) in [5, 5.41) is 0.519. The van der Waals surface area contributed by atoms with E-state index in [1.165, 1.54) is 12.1 Å². The van der Waals surface area contributed by atoms with E-state index in [9.17, 15) is 9.18 Å². The van der Waals surface area contributed by atoms with Crippen molar-refractivity contribution in [3.05, 3.63) is 89.7 Å². The van der Waals surface area contributed by atoms with Crippen molar-refractivity contribution in [1.29, 1.82) is 0 Å². The number of halogens is 1. The molecule has 1 aromatic heterocycles. The Morgan fingerprint density at radius 1 is 0.929 bits per heavy atom. The van der Waals surface area contributed by atoms with Crippen molar-refractivity contribution in [3.63, 3.8) is 0 Å². The maximum Gasteiger partial charge on any atom is 0.150 e. The van der Waals surface area contributed by atoms with Gasteiger partial charge in [-0.1, -0.05) is 42.5 Å². The van der Waals surface area contributed by atoms with Gasteiger partial charge in [-0.2, -0.15) is 0 Å². The lowest BCUT2D eigenvalue weighted by Gasteiger charge is -2.09. The largest absolute Gasteiger partial charge is 0.380 e. The maximum atomic E-state index is 13.5. The molecule has 0 spiro atoms. The number of nitrogens with zero attached hydrogens (tertiary/aromatic N) is 1. The Kier molecular flexibility index (Phi) is 4.96. The number of ether oxygens (including phenoxy) is 1. The van der Waals surface area contributed by atoms with Crippen molar-refractivity contribution in [1.82, 2.24) is 4.98 Å². The molecule has 4 rings (SSSR count). The number of methoxy groups -OCH3 is 1.